The van der Waals surface area contributed by atoms with E-state index < -0.39 is 5.92 Å². The summed E-state index contributed by atoms with van der Waals surface area (Å²) in [5, 5.41) is 0. The number of benzene rings is 3. The molecule has 0 atom stereocenters. The summed E-state index contributed by atoms with van der Waals surface area (Å²) in [6, 6.07) is 26.8. The Balaban J connectivity index is 1.91. The second-order valence-electron chi connectivity index (χ2n) is 6.63. The topological polar surface area (TPSA) is 34.1 Å². The molecule has 0 saturated carbocycles. The van der Waals surface area contributed by atoms with E-state index in [1.165, 1.54) is 25.0 Å². The van der Waals surface area contributed by atoms with Crippen LogP contribution in [0.5, 0.6) is 0 Å². The summed E-state index contributed by atoms with van der Waals surface area (Å²) in [6.45, 7) is 2.97. The summed E-state index contributed by atoms with van der Waals surface area (Å²) in [7, 11) is 0. The van der Waals surface area contributed by atoms with Crippen molar-refractivity contribution in [2.75, 3.05) is 0 Å². The second kappa shape index (κ2) is 7.92. The van der Waals surface area contributed by atoms with Gasteiger partial charge in [-0.3, -0.25) is 9.59 Å². The maximum atomic E-state index is 11.7. The normalized spacial score (nSPS) is 10.7. The zero-order chi connectivity index (χ0) is 18.5. The van der Waals surface area contributed by atoms with Gasteiger partial charge in [-0.2, -0.15) is 0 Å². The molecule has 2 nitrogen and oxygen atoms in total. The molecule has 0 bridgehead atoms. The molecule has 0 spiro atoms. The van der Waals surface area contributed by atoms with Crippen molar-refractivity contribution >= 4 is 11.6 Å². The van der Waals surface area contributed by atoms with Crippen LogP contribution in [0.2, 0.25) is 0 Å². The molecule has 0 aliphatic rings. The molecular formula is C24H22O2. The van der Waals surface area contributed by atoms with Crippen molar-refractivity contribution in [2.45, 2.75) is 20.3 Å². The number of ketones is 2. The van der Waals surface area contributed by atoms with Crippen LogP contribution >= 0.6 is 0 Å². The molecule has 0 N–H and O–H groups in total. The molecule has 130 valence electrons. The monoisotopic (exact) mass is 342 g/mol. The minimum atomic E-state index is -0.555. The van der Waals surface area contributed by atoms with Gasteiger partial charge in [-0.1, -0.05) is 72.8 Å². The predicted octanol–water partition coefficient (Wildman–Crippen LogP) is 5.36. The molecule has 0 radical (unpaired) electrons. The number of hydrogen-bond donors (Lipinski definition) is 0. The van der Waals surface area contributed by atoms with Crippen LogP contribution in [0.15, 0.2) is 78.9 Å². The van der Waals surface area contributed by atoms with Crippen LogP contribution in [0.4, 0.5) is 0 Å². The lowest BCUT2D eigenvalue weighted by Gasteiger charge is -2.12. The zero-order valence-corrected chi connectivity index (χ0v) is 15.1. The fraction of sp³-hybridized carbons (Fsp3) is 0.167. The fourth-order valence-corrected chi connectivity index (χ4v) is 3.20. The van der Waals surface area contributed by atoms with E-state index in [0.717, 1.165) is 16.7 Å². The number of rotatable bonds is 6. The maximum Gasteiger partial charge on any atom is 0.140 e. The van der Waals surface area contributed by atoms with E-state index in [-0.39, 0.29) is 11.6 Å². The highest BCUT2D eigenvalue weighted by Gasteiger charge is 2.19. The van der Waals surface area contributed by atoms with Gasteiger partial charge >= 0.3 is 0 Å². The largest absolute Gasteiger partial charge is 0.299 e. The van der Waals surface area contributed by atoms with Crippen LogP contribution in [-0.4, -0.2) is 11.6 Å². The van der Waals surface area contributed by atoms with E-state index in [2.05, 4.69) is 48.5 Å². The molecule has 3 aromatic rings. The Labute approximate surface area is 154 Å². The first kappa shape index (κ1) is 17.8. The first-order chi connectivity index (χ1) is 12.5. The van der Waals surface area contributed by atoms with Crippen molar-refractivity contribution in [3.8, 4) is 22.3 Å². The summed E-state index contributed by atoms with van der Waals surface area (Å²) in [6.07, 6.45) is 0.455. The van der Waals surface area contributed by atoms with E-state index in [1.54, 1.807) is 0 Å². The maximum absolute atomic E-state index is 11.7. The van der Waals surface area contributed by atoms with Crippen LogP contribution in [0, 0.1) is 5.92 Å². The summed E-state index contributed by atoms with van der Waals surface area (Å²) in [5.74, 6) is -0.705. The highest BCUT2D eigenvalue weighted by Crippen LogP contribution is 2.27. The van der Waals surface area contributed by atoms with Gasteiger partial charge in [0.1, 0.15) is 11.6 Å². The van der Waals surface area contributed by atoms with E-state index in [9.17, 15) is 9.59 Å². The van der Waals surface area contributed by atoms with Gasteiger partial charge in [0.05, 0.1) is 5.92 Å². The zero-order valence-electron chi connectivity index (χ0n) is 15.1. The average Bonchev–Trinajstić information content (AvgIpc) is 2.67. The van der Waals surface area contributed by atoms with Gasteiger partial charge in [-0.25, -0.2) is 0 Å². The number of carbonyl (C=O) groups excluding carboxylic acids is 2. The molecule has 26 heavy (non-hydrogen) atoms. The second-order valence-corrected chi connectivity index (χ2v) is 6.63. The third-order valence-corrected chi connectivity index (χ3v) is 4.65. The van der Waals surface area contributed by atoms with Gasteiger partial charge in [0.25, 0.3) is 0 Å². The predicted molar refractivity (Wildman–Crippen MR) is 106 cm³/mol. The minimum absolute atomic E-state index is 0.0750. The lowest BCUT2D eigenvalue weighted by atomic mass is 9.91. The molecule has 0 heterocycles. The van der Waals surface area contributed by atoms with Crippen molar-refractivity contribution in [3.05, 3.63) is 84.4 Å². The van der Waals surface area contributed by atoms with Gasteiger partial charge in [0.2, 0.25) is 0 Å². The summed E-state index contributed by atoms with van der Waals surface area (Å²) in [4.78, 5) is 23.5. The fourth-order valence-electron chi connectivity index (χ4n) is 3.20. The Bertz CT molecular complexity index is 912. The molecule has 0 aliphatic heterocycles. The molecule has 0 saturated heterocycles. The van der Waals surface area contributed by atoms with Crippen LogP contribution < -0.4 is 0 Å². The third kappa shape index (κ3) is 4.15. The Morgan fingerprint density at radius 1 is 0.654 bits per heavy atom. The quantitative estimate of drug-likeness (QED) is 0.565. The smallest absolute Gasteiger partial charge is 0.140 e. The molecule has 2 heteroatoms. The Morgan fingerprint density at radius 2 is 1.15 bits per heavy atom. The molecule has 0 aliphatic carbocycles. The molecule has 0 fully saturated rings. The van der Waals surface area contributed by atoms with Crippen molar-refractivity contribution in [1.29, 1.82) is 0 Å². The Morgan fingerprint density at radius 3 is 1.77 bits per heavy atom. The van der Waals surface area contributed by atoms with Gasteiger partial charge in [0, 0.05) is 0 Å². The van der Waals surface area contributed by atoms with Crippen molar-refractivity contribution in [3.63, 3.8) is 0 Å². The SMILES string of the molecule is CC(=O)C(Cc1cccc(-c2cccc(-c3ccccc3)c2)c1)C(C)=O. The first-order valence-corrected chi connectivity index (χ1v) is 8.80. The minimum Gasteiger partial charge on any atom is -0.299 e. The lowest BCUT2D eigenvalue weighted by molar-refractivity contribution is -0.130. The number of hydrogen-bond acceptors (Lipinski definition) is 2. The van der Waals surface area contributed by atoms with Gasteiger partial charge in [0.15, 0.2) is 0 Å². The highest BCUT2D eigenvalue weighted by atomic mass is 16.1. The van der Waals surface area contributed by atoms with Crippen LogP contribution in [0.1, 0.15) is 19.4 Å². The molecule has 3 aromatic carbocycles. The Kier molecular flexibility index (Phi) is 5.43. The Hall–Kier alpha value is -3.00. The van der Waals surface area contributed by atoms with Gasteiger partial charge < -0.3 is 0 Å². The highest BCUT2D eigenvalue weighted by molar-refractivity contribution is 6.00. The lowest BCUT2D eigenvalue weighted by Crippen LogP contribution is -2.21. The van der Waals surface area contributed by atoms with Crippen LogP contribution in [-0.2, 0) is 16.0 Å². The van der Waals surface area contributed by atoms with Crippen molar-refractivity contribution in [1.82, 2.24) is 0 Å². The van der Waals surface area contributed by atoms with Crippen LogP contribution in [0.3, 0.4) is 0 Å². The standard InChI is InChI=1S/C24H22O2/c1-17(25)24(18(2)26)15-19-8-6-11-21(14-19)23-13-7-12-22(16-23)20-9-4-3-5-10-20/h3-14,16,24H,15H2,1-2H3. The van der Waals surface area contributed by atoms with Crippen molar-refractivity contribution < 1.29 is 9.59 Å². The molecule has 0 unspecified atom stereocenters. The summed E-state index contributed by atoms with van der Waals surface area (Å²) < 4.78 is 0. The van der Waals surface area contributed by atoms with E-state index in [4.69, 9.17) is 0 Å². The molecule has 0 aromatic heterocycles. The number of carbonyl (C=O) groups is 2. The molecular weight excluding hydrogens is 320 g/mol. The van der Waals surface area contributed by atoms with Gasteiger partial charge in [-0.15, -0.1) is 0 Å². The first-order valence-electron chi connectivity index (χ1n) is 8.80. The van der Waals surface area contributed by atoms with E-state index in [1.807, 2.05) is 30.3 Å². The average molecular weight is 342 g/mol. The molecule has 0 amide bonds. The van der Waals surface area contributed by atoms with E-state index in [0.29, 0.717) is 6.42 Å². The third-order valence-electron chi connectivity index (χ3n) is 4.65. The van der Waals surface area contributed by atoms with Gasteiger partial charge in [-0.05, 0) is 54.2 Å². The number of Topliss-reactive ketones (excluding diaryl/α,β-unsaturated/α-hetero) is 2. The van der Waals surface area contributed by atoms with Crippen molar-refractivity contribution in [2.24, 2.45) is 5.92 Å². The molecule has 3 rings (SSSR count). The van der Waals surface area contributed by atoms with Crippen LogP contribution in [0.25, 0.3) is 22.3 Å². The summed E-state index contributed by atoms with van der Waals surface area (Å²) in [5.41, 5.74) is 5.56. The summed E-state index contributed by atoms with van der Waals surface area (Å²) >= 11 is 0. The van der Waals surface area contributed by atoms with E-state index >= 15 is 0 Å².